The highest BCUT2D eigenvalue weighted by molar-refractivity contribution is 7.99. The van der Waals surface area contributed by atoms with Crippen LogP contribution in [-0.2, 0) is 10.0 Å². The molecule has 3 rings (SSSR count). The van der Waals surface area contributed by atoms with Gasteiger partial charge < -0.3 is 5.32 Å². The smallest absolute Gasteiger partial charge is 0.238 e. The summed E-state index contributed by atoms with van der Waals surface area (Å²) in [6.45, 7) is 1.74. The maximum absolute atomic E-state index is 11.6. The number of aryl methyl sites for hydroxylation is 1. The first kappa shape index (κ1) is 14.4. The Morgan fingerprint density at radius 1 is 1.24 bits per heavy atom. The lowest BCUT2D eigenvalue weighted by atomic mass is 10.1. The zero-order valence-electron chi connectivity index (χ0n) is 11.5. The summed E-state index contributed by atoms with van der Waals surface area (Å²) < 4.78 is 23.2. The van der Waals surface area contributed by atoms with Crippen LogP contribution >= 0.6 is 11.8 Å². The topological polar surface area (TPSA) is 72.2 Å². The minimum absolute atomic E-state index is 0.173. The fourth-order valence-corrected chi connectivity index (χ4v) is 4.45. The Morgan fingerprint density at radius 2 is 2.00 bits per heavy atom. The summed E-state index contributed by atoms with van der Waals surface area (Å²) in [7, 11) is -3.70. The molecule has 0 bridgehead atoms. The number of hydrogen-bond acceptors (Lipinski definition) is 4. The zero-order chi connectivity index (χ0) is 15.0. The first-order chi connectivity index (χ1) is 9.95. The molecule has 4 nitrogen and oxygen atoms in total. The van der Waals surface area contributed by atoms with Crippen LogP contribution < -0.4 is 10.5 Å². The molecule has 21 heavy (non-hydrogen) atoms. The van der Waals surface area contributed by atoms with Crippen molar-refractivity contribution in [3.05, 3.63) is 53.6 Å². The Bertz CT molecular complexity index is 788. The quantitative estimate of drug-likeness (QED) is 0.912. The van der Waals surface area contributed by atoms with Crippen LogP contribution in [0.15, 0.2) is 52.3 Å². The predicted molar refractivity (Wildman–Crippen MR) is 86.1 cm³/mol. The largest absolute Gasteiger partial charge is 0.377 e. The standard InChI is InChI=1S/C15H16N2O2S2/c1-10-6-7-11(8-15(10)21(16,18)19)17-13-9-20-14-5-3-2-4-12(13)14/h2-8,13,17H,9H2,1H3,(H2,16,18,19). The van der Waals surface area contributed by atoms with Crippen molar-refractivity contribution in [1.29, 1.82) is 0 Å². The second-order valence-electron chi connectivity index (χ2n) is 5.07. The summed E-state index contributed by atoms with van der Waals surface area (Å²) in [4.78, 5) is 1.44. The van der Waals surface area contributed by atoms with Gasteiger partial charge in [0.2, 0.25) is 10.0 Å². The van der Waals surface area contributed by atoms with E-state index < -0.39 is 10.0 Å². The Balaban J connectivity index is 1.90. The van der Waals surface area contributed by atoms with Gasteiger partial charge in [0.15, 0.2) is 0 Å². The summed E-state index contributed by atoms with van der Waals surface area (Å²) in [6, 6.07) is 13.7. The number of rotatable bonds is 3. The van der Waals surface area contributed by atoms with Gasteiger partial charge in [-0.1, -0.05) is 24.3 Å². The van der Waals surface area contributed by atoms with Crippen molar-refractivity contribution >= 4 is 27.5 Å². The highest BCUT2D eigenvalue weighted by Crippen LogP contribution is 2.39. The summed E-state index contributed by atoms with van der Waals surface area (Å²) in [5, 5.41) is 8.65. The molecule has 0 saturated carbocycles. The molecule has 110 valence electrons. The molecule has 1 unspecified atom stereocenters. The number of primary sulfonamides is 1. The highest BCUT2D eigenvalue weighted by atomic mass is 32.2. The van der Waals surface area contributed by atoms with E-state index in [0.717, 1.165) is 11.4 Å². The zero-order valence-corrected chi connectivity index (χ0v) is 13.2. The molecule has 3 N–H and O–H groups in total. The van der Waals surface area contributed by atoms with Crippen LogP contribution in [0.2, 0.25) is 0 Å². The highest BCUT2D eigenvalue weighted by Gasteiger charge is 2.23. The molecule has 2 aromatic rings. The number of anilines is 1. The SMILES string of the molecule is Cc1ccc(NC2CSc3ccccc32)cc1S(N)(=O)=O. The molecule has 1 aliphatic heterocycles. The molecule has 0 spiro atoms. The number of nitrogens with one attached hydrogen (secondary N) is 1. The predicted octanol–water partition coefficient (Wildman–Crippen LogP) is 2.90. The summed E-state index contributed by atoms with van der Waals surface area (Å²) in [5.74, 6) is 0.929. The lowest BCUT2D eigenvalue weighted by molar-refractivity contribution is 0.597. The molecule has 0 aromatic heterocycles. The lowest BCUT2D eigenvalue weighted by Crippen LogP contribution is -2.15. The number of benzene rings is 2. The van der Waals surface area contributed by atoms with Crippen LogP contribution in [0.25, 0.3) is 0 Å². The summed E-state index contributed by atoms with van der Waals surface area (Å²) >= 11 is 1.80. The van der Waals surface area contributed by atoms with Crippen LogP contribution in [0.4, 0.5) is 5.69 Å². The van der Waals surface area contributed by atoms with Gasteiger partial charge in [-0.2, -0.15) is 0 Å². The second-order valence-corrected chi connectivity index (χ2v) is 7.66. The number of fused-ring (bicyclic) bond motifs is 1. The van der Waals surface area contributed by atoms with Gasteiger partial charge in [0.25, 0.3) is 0 Å². The van der Waals surface area contributed by atoms with Gasteiger partial charge in [0.05, 0.1) is 10.9 Å². The van der Waals surface area contributed by atoms with Crippen LogP contribution in [0.1, 0.15) is 17.2 Å². The monoisotopic (exact) mass is 320 g/mol. The molecule has 0 aliphatic carbocycles. The number of sulfonamides is 1. The molecule has 1 aliphatic rings. The Morgan fingerprint density at radius 3 is 2.76 bits per heavy atom. The van der Waals surface area contributed by atoms with Crippen molar-refractivity contribution < 1.29 is 8.42 Å². The maximum Gasteiger partial charge on any atom is 0.238 e. The summed E-state index contributed by atoms with van der Waals surface area (Å²) in [6.07, 6.45) is 0. The van der Waals surface area contributed by atoms with Crippen LogP contribution in [0.3, 0.4) is 0 Å². The third kappa shape index (κ3) is 2.92. The van der Waals surface area contributed by atoms with Crippen molar-refractivity contribution in [2.75, 3.05) is 11.1 Å². The van der Waals surface area contributed by atoms with Gasteiger partial charge in [-0.05, 0) is 36.2 Å². The van der Waals surface area contributed by atoms with Gasteiger partial charge in [-0.15, -0.1) is 11.8 Å². The van der Waals surface area contributed by atoms with E-state index in [2.05, 4.69) is 17.4 Å². The molecule has 0 fully saturated rings. The first-order valence-corrected chi connectivity index (χ1v) is 9.10. The molecule has 1 atom stereocenters. The molecular formula is C15H16N2O2S2. The molecule has 6 heteroatoms. The summed E-state index contributed by atoms with van der Waals surface area (Å²) in [5.41, 5.74) is 2.68. The van der Waals surface area contributed by atoms with Crippen molar-refractivity contribution in [2.24, 2.45) is 5.14 Å². The third-order valence-corrected chi connectivity index (χ3v) is 5.77. The lowest BCUT2D eigenvalue weighted by Gasteiger charge is -2.16. The minimum atomic E-state index is -3.70. The Labute approximate surface area is 128 Å². The van der Waals surface area contributed by atoms with E-state index in [-0.39, 0.29) is 10.9 Å². The van der Waals surface area contributed by atoms with Gasteiger partial charge in [-0.25, -0.2) is 13.6 Å². The minimum Gasteiger partial charge on any atom is -0.377 e. The van der Waals surface area contributed by atoms with Crippen molar-refractivity contribution in [1.82, 2.24) is 0 Å². The van der Waals surface area contributed by atoms with Crippen molar-refractivity contribution in [3.8, 4) is 0 Å². The van der Waals surface area contributed by atoms with Crippen LogP contribution in [0, 0.1) is 6.92 Å². The Hall–Kier alpha value is -1.50. The van der Waals surface area contributed by atoms with Crippen LogP contribution in [0.5, 0.6) is 0 Å². The van der Waals surface area contributed by atoms with Gasteiger partial charge in [-0.3, -0.25) is 0 Å². The molecule has 0 saturated heterocycles. The van der Waals surface area contributed by atoms with E-state index in [9.17, 15) is 8.42 Å². The fourth-order valence-electron chi connectivity index (χ4n) is 2.48. The fraction of sp³-hybridized carbons (Fsp3) is 0.200. The van der Waals surface area contributed by atoms with Gasteiger partial charge in [0, 0.05) is 16.3 Å². The molecule has 1 heterocycles. The number of nitrogens with two attached hydrogens (primary N) is 1. The van der Waals surface area contributed by atoms with E-state index in [0.29, 0.717) is 5.56 Å². The Kier molecular flexibility index (Phi) is 3.69. The maximum atomic E-state index is 11.6. The average molecular weight is 320 g/mol. The van der Waals surface area contributed by atoms with Crippen molar-refractivity contribution in [2.45, 2.75) is 22.8 Å². The number of thioether (sulfide) groups is 1. The van der Waals surface area contributed by atoms with Gasteiger partial charge in [0.1, 0.15) is 0 Å². The second kappa shape index (κ2) is 5.36. The van der Waals surface area contributed by atoms with E-state index in [4.69, 9.17) is 5.14 Å². The van der Waals surface area contributed by atoms with Crippen LogP contribution in [-0.4, -0.2) is 14.2 Å². The molecule has 0 radical (unpaired) electrons. The van der Waals surface area contributed by atoms with Gasteiger partial charge >= 0.3 is 0 Å². The van der Waals surface area contributed by atoms with Crippen molar-refractivity contribution in [3.63, 3.8) is 0 Å². The number of hydrogen-bond donors (Lipinski definition) is 2. The third-order valence-electron chi connectivity index (χ3n) is 3.54. The average Bonchev–Trinajstić information content (AvgIpc) is 2.83. The molecule has 2 aromatic carbocycles. The molecule has 0 amide bonds. The van der Waals surface area contributed by atoms with E-state index in [1.54, 1.807) is 30.8 Å². The molecular weight excluding hydrogens is 304 g/mol. The normalized spacial score (nSPS) is 17.5. The van der Waals surface area contributed by atoms with E-state index >= 15 is 0 Å². The van der Waals surface area contributed by atoms with E-state index in [1.807, 2.05) is 18.2 Å². The first-order valence-electron chi connectivity index (χ1n) is 6.57. The van der Waals surface area contributed by atoms with E-state index in [1.165, 1.54) is 10.5 Å².